The molecule has 0 amide bonds. The van der Waals surface area contributed by atoms with Gasteiger partial charge >= 0.3 is 0 Å². The highest BCUT2D eigenvalue weighted by Gasteiger charge is 2.10. The minimum Gasteiger partial charge on any atom is -0.383 e. The van der Waals surface area contributed by atoms with Crippen LogP contribution >= 0.6 is 0 Å². The summed E-state index contributed by atoms with van der Waals surface area (Å²) >= 11 is 0. The third-order valence-corrected chi connectivity index (χ3v) is 3.39. The minimum atomic E-state index is 0.197. The van der Waals surface area contributed by atoms with Crippen molar-refractivity contribution in [1.29, 1.82) is 0 Å². The molecule has 2 aromatic rings. The van der Waals surface area contributed by atoms with E-state index in [4.69, 9.17) is 9.47 Å². The molecule has 112 valence electrons. The Morgan fingerprint density at radius 3 is 2.38 bits per heavy atom. The molecule has 2 rings (SSSR count). The van der Waals surface area contributed by atoms with E-state index >= 15 is 0 Å². The minimum absolute atomic E-state index is 0.197. The Bertz CT molecular complexity index is 528. The van der Waals surface area contributed by atoms with Crippen molar-refractivity contribution in [2.45, 2.75) is 19.2 Å². The number of nitrogens with one attached hydrogen (secondary N) is 1. The van der Waals surface area contributed by atoms with Gasteiger partial charge < -0.3 is 14.8 Å². The molecule has 0 aliphatic heterocycles. The Labute approximate surface area is 126 Å². The molecule has 21 heavy (non-hydrogen) atoms. The van der Waals surface area contributed by atoms with Gasteiger partial charge in [-0.05, 0) is 16.7 Å². The van der Waals surface area contributed by atoms with Crippen molar-refractivity contribution >= 4 is 0 Å². The Morgan fingerprint density at radius 1 is 0.905 bits per heavy atom. The number of hydrogen-bond acceptors (Lipinski definition) is 3. The van der Waals surface area contributed by atoms with Crippen LogP contribution in [-0.4, -0.2) is 20.8 Å². The normalized spacial score (nSPS) is 12.3. The van der Waals surface area contributed by atoms with E-state index in [2.05, 4.69) is 53.8 Å². The SMILES string of the molecule is COCc1cccc(CNC(COC)c2ccccc2)c1. The van der Waals surface area contributed by atoms with Gasteiger partial charge in [0.05, 0.1) is 19.3 Å². The lowest BCUT2D eigenvalue weighted by Gasteiger charge is -2.18. The Hall–Kier alpha value is -1.68. The molecule has 0 radical (unpaired) electrons. The van der Waals surface area contributed by atoms with Gasteiger partial charge in [0, 0.05) is 20.8 Å². The van der Waals surface area contributed by atoms with Gasteiger partial charge in [0.1, 0.15) is 0 Å². The van der Waals surface area contributed by atoms with E-state index in [1.165, 1.54) is 16.7 Å². The zero-order valence-corrected chi connectivity index (χ0v) is 12.7. The summed E-state index contributed by atoms with van der Waals surface area (Å²) in [6, 6.07) is 19.0. The third-order valence-electron chi connectivity index (χ3n) is 3.39. The Balaban J connectivity index is 2.00. The van der Waals surface area contributed by atoms with E-state index in [1.54, 1.807) is 14.2 Å². The number of rotatable bonds is 8. The molecule has 0 spiro atoms. The van der Waals surface area contributed by atoms with Crippen LogP contribution in [0, 0.1) is 0 Å². The third kappa shape index (κ3) is 4.97. The molecule has 3 nitrogen and oxygen atoms in total. The second-order valence-corrected chi connectivity index (χ2v) is 5.05. The van der Waals surface area contributed by atoms with Gasteiger partial charge in [-0.3, -0.25) is 0 Å². The summed E-state index contributed by atoms with van der Waals surface area (Å²) < 4.78 is 10.5. The van der Waals surface area contributed by atoms with E-state index in [1.807, 2.05) is 6.07 Å². The summed E-state index contributed by atoms with van der Waals surface area (Å²) in [5.74, 6) is 0. The topological polar surface area (TPSA) is 30.5 Å². The lowest BCUT2D eigenvalue weighted by molar-refractivity contribution is 0.166. The summed E-state index contributed by atoms with van der Waals surface area (Å²) in [6.45, 7) is 2.11. The molecule has 0 fully saturated rings. The smallest absolute Gasteiger partial charge is 0.0713 e. The molecule has 0 aromatic heterocycles. The van der Waals surface area contributed by atoms with Gasteiger partial charge in [0.2, 0.25) is 0 Å². The van der Waals surface area contributed by atoms with Crippen molar-refractivity contribution in [2.75, 3.05) is 20.8 Å². The van der Waals surface area contributed by atoms with E-state index < -0.39 is 0 Å². The van der Waals surface area contributed by atoms with Crippen LogP contribution in [0.5, 0.6) is 0 Å². The van der Waals surface area contributed by atoms with Gasteiger partial charge in [0.15, 0.2) is 0 Å². The van der Waals surface area contributed by atoms with Crippen molar-refractivity contribution in [3.63, 3.8) is 0 Å². The fourth-order valence-electron chi connectivity index (χ4n) is 2.36. The first-order valence-corrected chi connectivity index (χ1v) is 7.17. The fraction of sp³-hybridized carbons (Fsp3) is 0.333. The molecular formula is C18H23NO2. The summed E-state index contributed by atoms with van der Waals surface area (Å²) in [5, 5.41) is 3.56. The molecule has 1 atom stereocenters. The molecule has 0 saturated carbocycles. The Morgan fingerprint density at radius 2 is 1.67 bits per heavy atom. The van der Waals surface area contributed by atoms with Crippen LogP contribution < -0.4 is 5.32 Å². The first-order chi connectivity index (χ1) is 10.3. The van der Waals surface area contributed by atoms with Crippen LogP contribution in [0.2, 0.25) is 0 Å². The first kappa shape index (κ1) is 15.7. The highest BCUT2D eigenvalue weighted by molar-refractivity contribution is 5.24. The zero-order chi connectivity index (χ0) is 14.9. The van der Waals surface area contributed by atoms with Gasteiger partial charge in [-0.2, -0.15) is 0 Å². The van der Waals surface area contributed by atoms with Gasteiger partial charge in [-0.15, -0.1) is 0 Å². The highest BCUT2D eigenvalue weighted by Crippen LogP contribution is 2.14. The molecule has 0 bridgehead atoms. The second-order valence-electron chi connectivity index (χ2n) is 5.05. The molecule has 0 saturated heterocycles. The van der Waals surface area contributed by atoms with E-state index in [-0.39, 0.29) is 6.04 Å². The highest BCUT2D eigenvalue weighted by atomic mass is 16.5. The number of ether oxygens (including phenoxy) is 2. The van der Waals surface area contributed by atoms with Crippen molar-refractivity contribution < 1.29 is 9.47 Å². The van der Waals surface area contributed by atoms with Crippen LogP contribution in [-0.2, 0) is 22.6 Å². The average molecular weight is 285 g/mol. The summed E-state index contributed by atoms with van der Waals surface area (Å²) in [4.78, 5) is 0. The Kier molecular flexibility index (Phi) is 6.41. The van der Waals surface area contributed by atoms with Crippen molar-refractivity contribution in [3.8, 4) is 0 Å². The predicted molar refractivity (Wildman–Crippen MR) is 85.1 cm³/mol. The maximum Gasteiger partial charge on any atom is 0.0713 e. The zero-order valence-electron chi connectivity index (χ0n) is 12.7. The average Bonchev–Trinajstić information content (AvgIpc) is 2.53. The standard InChI is InChI=1S/C18H23NO2/c1-20-13-16-8-6-7-15(11-16)12-19-18(14-21-2)17-9-4-3-5-10-17/h3-11,18-19H,12-14H2,1-2H3. The monoisotopic (exact) mass is 285 g/mol. The summed E-state index contributed by atoms with van der Waals surface area (Å²) in [5.41, 5.74) is 3.69. The molecule has 0 heterocycles. The van der Waals surface area contributed by atoms with Crippen molar-refractivity contribution in [2.24, 2.45) is 0 Å². The van der Waals surface area contributed by atoms with Gasteiger partial charge in [-0.25, -0.2) is 0 Å². The van der Waals surface area contributed by atoms with E-state index in [0.717, 1.165) is 6.54 Å². The maximum atomic E-state index is 5.33. The van der Waals surface area contributed by atoms with Gasteiger partial charge in [0.25, 0.3) is 0 Å². The molecule has 0 aliphatic carbocycles. The van der Waals surface area contributed by atoms with Crippen LogP contribution in [0.3, 0.4) is 0 Å². The quantitative estimate of drug-likeness (QED) is 0.807. The van der Waals surface area contributed by atoms with Crippen LogP contribution in [0.15, 0.2) is 54.6 Å². The number of methoxy groups -OCH3 is 2. The van der Waals surface area contributed by atoms with E-state index in [0.29, 0.717) is 13.2 Å². The fourth-order valence-corrected chi connectivity index (χ4v) is 2.36. The van der Waals surface area contributed by atoms with Gasteiger partial charge in [-0.1, -0.05) is 54.6 Å². The van der Waals surface area contributed by atoms with Crippen LogP contribution in [0.25, 0.3) is 0 Å². The molecule has 0 aliphatic rings. The summed E-state index contributed by atoms with van der Waals surface area (Å²) in [7, 11) is 3.45. The van der Waals surface area contributed by atoms with Crippen LogP contribution in [0.4, 0.5) is 0 Å². The molecule has 1 unspecified atom stereocenters. The van der Waals surface area contributed by atoms with Crippen molar-refractivity contribution in [3.05, 3.63) is 71.3 Å². The lowest BCUT2D eigenvalue weighted by Crippen LogP contribution is -2.24. The molecule has 2 aromatic carbocycles. The molecular weight excluding hydrogens is 262 g/mol. The second kappa shape index (κ2) is 8.57. The lowest BCUT2D eigenvalue weighted by atomic mass is 10.1. The maximum absolute atomic E-state index is 5.33. The largest absolute Gasteiger partial charge is 0.383 e. The summed E-state index contributed by atoms with van der Waals surface area (Å²) in [6.07, 6.45) is 0. The predicted octanol–water partition coefficient (Wildman–Crippen LogP) is 3.31. The first-order valence-electron chi connectivity index (χ1n) is 7.17. The van der Waals surface area contributed by atoms with Crippen LogP contribution in [0.1, 0.15) is 22.7 Å². The molecule has 3 heteroatoms. The number of hydrogen-bond donors (Lipinski definition) is 1. The van der Waals surface area contributed by atoms with Crippen molar-refractivity contribution in [1.82, 2.24) is 5.32 Å². The van der Waals surface area contributed by atoms with E-state index in [9.17, 15) is 0 Å². The number of benzene rings is 2. The molecule has 1 N–H and O–H groups in total.